The number of benzene rings is 1. The lowest BCUT2D eigenvalue weighted by Crippen LogP contribution is -2.50. The molecule has 0 aromatic heterocycles. The predicted octanol–water partition coefficient (Wildman–Crippen LogP) is 3.25. The number of hydrogen-bond acceptors (Lipinski definition) is 4. The Hall–Kier alpha value is -2.24. The SMILES string of the molecule is CCOC(=O)NC(C(=O)NCCOc1ccc(C(C)(C)C)cc1)C(C)C. The summed E-state index contributed by atoms with van der Waals surface area (Å²) in [5.41, 5.74) is 1.34. The van der Waals surface area contributed by atoms with Crippen molar-refractivity contribution in [3.63, 3.8) is 0 Å². The van der Waals surface area contributed by atoms with Gasteiger partial charge in [-0.25, -0.2) is 4.79 Å². The minimum absolute atomic E-state index is 0.0507. The van der Waals surface area contributed by atoms with Crippen LogP contribution in [0.1, 0.15) is 47.1 Å². The lowest BCUT2D eigenvalue weighted by atomic mass is 9.87. The van der Waals surface area contributed by atoms with Crippen LogP contribution in [0, 0.1) is 5.92 Å². The molecule has 1 unspecified atom stereocenters. The molecule has 0 aliphatic rings. The molecule has 0 aliphatic heterocycles. The summed E-state index contributed by atoms with van der Waals surface area (Å²) in [5, 5.41) is 5.37. The molecule has 1 aromatic carbocycles. The van der Waals surface area contributed by atoms with E-state index in [1.165, 1.54) is 5.56 Å². The van der Waals surface area contributed by atoms with Crippen LogP contribution in [0.5, 0.6) is 5.75 Å². The van der Waals surface area contributed by atoms with Crippen molar-refractivity contribution in [2.45, 2.75) is 53.0 Å². The largest absolute Gasteiger partial charge is 0.492 e. The van der Waals surface area contributed by atoms with E-state index in [4.69, 9.17) is 9.47 Å². The van der Waals surface area contributed by atoms with Crippen molar-refractivity contribution in [1.82, 2.24) is 10.6 Å². The number of hydrogen-bond donors (Lipinski definition) is 2. The van der Waals surface area contributed by atoms with Gasteiger partial charge >= 0.3 is 6.09 Å². The highest BCUT2D eigenvalue weighted by atomic mass is 16.5. The molecular weight excluding hydrogens is 332 g/mol. The van der Waals surface area contributed by atoms with Crippen molar-refractivity contribution in [2.75, 3.05) is 19.8 Å². The monoisotopic (exact) mass is 364 g/mol. The van der Waals surface area contributed by atoms with Gasteiger partial charge in [0.05, 0.1) is 13.2 Å². The molecule has 2 N–H and O–H groups in total. The van der Waals surface area contributed by atoms with Gasteiger partial charge in [-0.15, -0.1) is 0 Å². The second kappa shape index (κ2) is 10.0. The highest BCUT2D eigenvalue weighted by molar-refractivity contribution is 5.85. The van der Waals surface area contributed by atoms with Crippen molar-refractivity contribution in [3.05, 3.63) is 29.8 Å². The molecule has 0 radical (unpaired) electrons. The molecule has 2 amide bonds. The topological polar surface area (TPSA) is 76.7 Å². The number of rotatable bonds is 8. The van der Waals surface area contributed by atoms with Gasteiger partial charge in [0.25, 0.3) is 0 Å². The first-order valence-corrected chi connectivity index (χ1v) is 9.09. The Balaban J connectivity index is 2.43. The lowest BCUT2D eigenvalue weighted by Gasteiger charge is -2.21. The number of carbonyl (C=O) groups is 2. The highest BCUT2D eigenvalue weighted by Crippen LogP contribution is 2.24. The van der Waals surface area contributed by atoms with Crippen LogP contribution in [0.15, 0.2) is 24.3 Å². The summed E-state index contributed by atoms with van der Waals surface area (Å²) in [6, 6.07) is 7.32. The van der Waals surface area contributed by atoms with Gasteiger partial charge in [-0.05, 0) is 36.0 Å². The zero-order chi connectivity index (χ0) is 19.7. The zero-order valence-electron chi connectivity index (χ0n) is 16.7. The van der Waals surface area contributed by atoms with E-state index >= 15 is 0 Å². The van der Waals surface area contributed by atoms with Crippen LogP contribution >= 0.6 is 0 Å². The molecule has 0 spiro atoms. The molecule has 0 heterocycles. The Kier molecular flexibility index (Phi) is 8.42. The van der Waals surface area contributed by atoms with Gasteiger partial charge in [-0.2, -0.15) is 0 Å². The van der Waals surface area contributed by atoms with E-state index in [9.17, 15) is 9.59 Å². The maximum Gasteiger partial charge on any atom is 0.407 e. The molecule has 146 valence electrons. The van der Waals surface area contributed by atoms with Gasteiger partial charge in [0.15, 0.2) is 0 Å². The molecule has 0 saturated carbocycles. The molecule has 0 fully saturated rings. The summed E-state index contributed by atoms with van der Waals surface area (Å²) in [4.78, 5) is 23.8. The van der Waals surface area contributed by atoms with Crippen LogP contribution in [0.4, 0.5) is 4.79 Å². The first kappa shape index (κ1) is 21.8. The van der Waals surface area contributed by atoms with Crippen LogP contribution in [0.3, 0.4) is 0 Å². The van der Waals surface area contributed by atoms with Crippen LogP contribution in [-0.4, -0.2) is 37.8 Å². The van der Waals surface area contributed by atoms with Gasteiger partial charge in [-0.3, -0.25) is 4.79 Å². The third-order valence-corrected chi connectivity index (χ3v) is 3.89. The molecule has 0 saturated heterocycles. The normalized spacial score (nSPS) is 12.4. The van der Waals surface area contributed by atoms with Crippen molar-refractivity contribution in [2.24, 2.45) is 5.92 Å². The molecule has 0 aliphatic carbocycles. The summed E-state index contributed by atoms with van der Waals surface area (Å²) in [7, 11) is 0. The molecular formula is C20H32N2O4. The molecule has 1 aromatic rings. The lowest BCUT2D eigenvalue weighted by molar-refractivity contribution is -0.124. The van der Waals surface area contributed by atoms with Gasteiger partial charge in [0, 0.05) is 0 Å². The minimum Gasteiger partial charge on any atom is -0.492 e. The van der Waals surface area contributed by atoms with E-state index in [0.717, 1.165) is 5.75 Å². The summed E-state index contributed by atoms with van der Waals surface area (Å²) in [6.07, 6.45) is -0.587. The highest BCUT2D eigenvalue weighted by Gasteiger charge is 2.24. The fourth-order valence-electron chi connectivity index (χ4n) is 2.34. The van der Waals surface area contributed by atoms with E-state index in [-0.39, 0.29) is 23.8 Å². The van der Waals surface area contributed by atoms with E-state index < -0.39 is 12.1 Å². The zero-order valence-corrected chi connectivity index (χ0v) is 16.7. The van der Waals surface area contributed by atoms with E-state index in [1.807, 2.05) is 38.1 Å². The summed E-state index contributed by atoms with van der Waals surface area (Å²) in [5.74, 6) is 0.460. The molecule has 6 heteroatoms. The Morgan fingerprint density at radius 1 is 1.12 bits per heavy atom. The van der Waals surface area contributed by atoms with E-state index in [1.54, 1.807) is 6.92 Å². The third-order valence-electron chi connectivity index (χ3n) is 3.89. The molecule has 26 heavy (non-hydrogen) atoms. The Morgan fingerprint density at radius 2 is 1.73 bits per heavy atom. The van der Waals surface area contributed by atoms with Crippen molar-refractivity contribution < 1.29 is 19.1 Å². The second-order valence-electron chi connectivity index (χ2n) is 7.50. The van der Waals surface area contributed by atoms with E-state index in [0.29, 0.717) is 13.2 Å². The van der Waals surface area contributed by atoms with Crippen LogP contribution in [0.2, 0.25) is 0 Å². The van der Waals surface area contributed by atoms with Crippen LogP contribution in [0.25, 0.3) is 0 Å². The first-order chi connectivity index (χ1) is 12.1. The first-order valence-electron chi connectivity index (χ1n) is 9.09. The van der Waals surface area contributed by atoms with Crippen molar-refractivity contribution in [1.29, 1.82) is 0 Å². The van der Waals surface area contributed by atoms with Crippen molar-refractivity contribution in [3.8, 4) is 5.75 Å². The summed E-state index contributed by atoms with van der Waals surface area (Å²) < 4.78 is 10.5. The van der Waals surface area contributed by atoms with Gasteiger partial charge in [0.1, 0.15) is 18.4 Å². The Morgan fingerprint density at radius 3 is 2.23 bits per heavy atom. The maximum absolute atomic E-state index is 12.3. The third kappa shape index (κ3) is 7.33. The number of carbonyl (C=O) groups excluding carboxylic acids is 2. The minimum atomic E-state index is -0.639. The van der Waals surface area contributed by atoms with Gasteiger partial charge < -0.3 is 20.1 Å². The van der Waals surface area contributed by atoms with Gasteiger partial charge in [0.2, 0.25) is 5.91 Å². The average Bonchev–Trinajstić information content (AvgIpc) is 2.56. The van der Waals surface area contributed by atoms with Crippen LogP contribution in [-0.2, 0) is 14.9 Å². The second-order valence-corrected chi connectivity index (χ2v) is 7.50. The van der Waals surface area contributed by atoms with Crippen molar-refractivity contribution >= 4 is 12.0 Å². The molecule has 0 bridgehead atoms. The summed E-state index contributed by atoms with van der Waals surface area (Å²) in [6.45, 7) is 12.9. The standard InChI is InChI=1S/C20H32N2O4/c1-7-25-19(24)22-17(14(2)3)18(23)21-12-13-26-16-10-8-15(9-11-16)20(4,5)6/h8-11,14,17H,7,12-13H2,1-6H3,(H,21,23)(H,22,24). The number of alkyl carbamates (subject to hydrolysis) is 1. The quantitative estimate of drug-likeness (QED) is 0.694. The number of nitrogens with one attached hydrogen (secondary N) is 2. The van der Waals surface area contributed by atoms with Gasteiger partial charge in [-0.1, -0.05) is 46.8 Å². The average molecular weight is 364 g/mol. The molecule has 1 atom stereocenters. The fourth-order valence-corrected chi connectivity index (χ4v) is 2.34. The fraction of sp³-hybridized carbons (Fsp3) is 0.600. The Labute approximate surface area is 156 Å². The summed E-state index contributed by atoms with van der Waals surface area (Å²) >= 11 is 0. The molecule has 6 nitrogen and oxygen atoms in total. The number of ether oxygens (including phenoxy) is 2. The maximum atomic E-state index is 12.3. The predicted molar refractivity (Wildman–Crippen MR) is 102 cm³/mol. The Bertz CT molecular complexity index is 576. The smallest absolute Gasteiger partial charge is 0.407 e. The van der Waals surface area contributed by atoms with E-state index in [2.05, 4.69) is 31.4 Å². The number of amides is 2. The van der Waals surface area contributed by atoms with Crippen LogP contribution < -0.4 is 15.4 Å². The molecule has 1 rings (SSSR count).